The highest BCUT2D eigenvalue weighted by Gasteiger charge is 2.30. The van der Waals surface area contributed by atoms with E-state index in [1.165, 1.54) is 29.2 Å². The van der Waals surface area contributed by atoms with Crippen LogP contribution >= 0.6 is 0 Å². The van der Waals surface area contributed by atoms with Gasteiger partial charge < -0.3 is 10.2 Å². The molecular formula is C25H29N3O4. The summed E-state index contributed by atoms with van der Waals surface area (Å²) in [4.78, 5) is 38.2. The smallest absolute Gasteiger partial charge is 0.299 e. The van der Waals surface area contributed by atoms with E-state index in [2.05, 4.69) is 17.2 Å². The molecule has 0 aliphatic heterocycles. The molecule has 2 aromatic carbocycles. The second-order valence-electron chi connectivity index (χ2n) is 7.36. The van der Waals surface area contributed by atoms with Crippen molar-refractivity contribution in [1.82, 2.24) is 10.2 Å². The van der Waals surface area contributed by atoms with E-state index in [-0.39, 0.29) is 11.6 Å². The fourth-order valence-corrected chi connectivity index (χ4v) is 3.13. The molecule has 32 heavy (non-hydrogen) atoms. The van der Waals surface area contributed by atoms with Crippen LogP contribution < -0.4 is 5.32 Å². The van der Waals surface area contributed by atoms with Gasteiger partial charge in [0.1, 0.15) is 6.04 Å². The Morgan fingerprint density at radius 1 is 1.03 bits per heavy atom. The highest BCUT2D eigenvalue weighted by Crippen LogP contribution is 2.24. The highest BCUT2D eigenvalue weighted by atomic mass is 16.6. The van der Waals surface area contributed by atoms with Crippen LogP contribution in [-0.2, 0) is 9.59 Å². The van der Waals surface area contributed by atoms with Crippen molar-refractivity contribution in [2.75, 3.05) is 13.1 Å². The molecule has 0 aromatic heterocycles. The van der Waals surface area contributed by atoms with Gasteiger partial charge >= 0.3 is 0 Å². The fraction of sp³-hybridized carbons (Fsp3) is 0.360. The maximum Gasteiger partial charge on any atom is 0.299 e. The molecule has 0 spiro atoms. The van der Waals surface area contributed by atoms with Crippen LogP contribution in [0.2, 0.25) is 0 Å². The predicted molar refractivity (Wildman–Crippen MR) is 124 cm³/mol. The molecule has 7 nitrogen and oxygen atoms in total. The third-order valence-electron chi connectivity index (χ3n) is 4.91. The van der Waals surface area contributed by atoms with E-state index in [1.54, 1.807) is 0 Å². The van der Waals surface area contributed by atoms with Crippen molar-refractivity contribution >= 4 is 17.5 Å². The van der Waals surface area contributed by atoms with E-state index in [0.29, 0.717) is 30.6 Å². The lowest BCUT2D eigenvalue weighted by molar-refractivity contribution is -0.384. The monoisotopic (exact) mass is 435 g/mol. The van der Waals surface area contributed by atoms with Gasteiger partial charge in [0, 0.05) is 36.7 Å². The number of carbonyl (C=O) groups is 2. The Morgan fingerprint density at radius 3 is 2.28 bits per heavy atom. The number of non-ortho nitro benzene ring substituents is 1. The van der Waals surface area contributed by atoms with Gasteiger partial charge in [0.25, 0.3) is 11.6 Å². The molecule has 2 amide bonds. The van der Waals surface area contributed by atoms with Crippen molar-refractivity contribution in [3.8, 4) is 11.8 Å². The summed E-state index contributed by atoms with van der Waals surface area (Å²) in [5.74, 6) is 4.74. The Labute approximate surface area is 189 Å². The summed E-state index contributed by atoms with van der Waals surface area (Å²) in [7, 11) is 0. The quantitative estimate of drug-likeness (QED) is 0.262. The van der Waals surface area contributed by atoms with Crippen LogP contribution in [-0.4, -0.2) is 34.7 Å². The van der Waals surface area contributed by atoms with Gasteiger partial charge in [0.15, 0.2) is 0 Å². The molecule has 7 heteroatoms. The minimum atomic E-state index is -0.920. The molecule has 0 heterocycles. The van der Waals surface area contributed by atoms with Crippen molar-refractivity contribution in [1.29, 1.82) is 0 Å². The number of carbonyl (C=O) groups excluding carboxylic acids is 2. The molecule has 0 fully saturated rings. The lowest BCUT2D eigenvalue weighted by Crippen LogP contribution is -2.44. The first-order valence-corrected chi connectivity index (χ1v) is 10.9. The van der Waals surface area contributed by atoms with Crippen molar-refractivity contribution < 1.29 is 14.5 Å². The van der Waals surface area contributed by atoms with E-state index in [0.717, 1.165) is 19.3 Å². The molecular weight excluding hydrogens is 406 g/mol. The second kappa shape index (κ2) is 12.9. The second-order valence-corrected chi connectivity index (χ2v) is 7.36. The summed E-state index contributed by atoms with van der Waals surface area (Å²) >= 11 is 0. The summed E-state index contributed by atoms with van der Waals surface area (Å²) in [6.07, 6.45) is 3.27. The number of benzene rings is 2. The number of nitro groups is 1. The van der Waals surface area contributed by atoms with Crippen molar-refractivity contribution in [3.63, 3.8) is 0 Å². The van der Waals surface area contributed by atoms with Crippen LogP contribution in [0.3, 0.4) is 0 Å². The van der Waals surface area contributed by atoms with E-state index in [9.17, 15) is 19.7 Å². The standard InChI is InChI=1S/C25H29N3O4/c1-3-5-18-26-25(30)24(21-13-15-22(16-14-21)28(31)32)27(19-6-4-2)23(29)17-12-20-10-8-7-9-11-20/h7-11,13-16,24H,3-6,18-19H2,1-2H3,(H,26,30). The zero-order valence-electron chi connectivity index (χ0n) is 18.5. The zero-order valence-corrected chi connectivity index (χ0v) is 18.5. The Morgan fingerprint density at radius 2 is 1.69 bits per heavy atom. The molecule has 2 rings (SSSR count). The van der Waals surface area contributed by atoms with Crippen LogP contribution in [0, 0.1) is 22.0 Å². The van der Waals surface area contributed by atoms with Crippen LogP contribution in [0.15, 0.2) is 54.6 Å². The van der Waals surface area contributed by atoms with Gasteiger partial charge in [0.2, 0.25) is 5.91 Å². The summed E-state index contributed by atoms with van der Waals surface area (Å²) in [5, 5.41) is 13.9. The number of rotatable bonds is 10. The molecule has 0 saturated carbocycles. The average molecular weight is 436 g/mol. The van der Waals surface area contributed by atoms with Gasteiger partial charge in [-0.1, -0.05) is 50.8 Å². The van der Waals surface area contributed by atoms with Crippen LogP contribution in [0.4, 0.5) is 5.69 Å². The predicted octanol–water partition coefficient (Wildman–Crippen LogP) is 4.23. The number of unbranched alkanes of at least 4 members (excludes halogenated alkanes) is 2. The summed E-state index contributed by atoms with van der Waals surface area (Å²) < 4.78 is 0. The van der Waals surface area contributed by atoms with E-state index in [1.807, 2.05) is 44.2 Å². The minimum absolute atomic E-state index is 0.0748. The Bertz CT molecular complexity index is 962. The molecule has 1 unspecified atom stereocenters. The third kappa shape index (κ3) is 7.24. The van der Waals surface area contributed by atoms with E-state index < -0.39 is 16.9 Å². The number of nitro benzene ring substituents is 1. The first-order valence-electron chi connectivity index (χ1n) is 10.9. The SMILES string of the molecule is CCCCNC(=O)C(c1ccc([N+](=O)[O-])cc1)N(CCCC)C(=O)C#Cc1ccccc1. The largest absolute Gasteiger partial charge is 0.354 e. The van der Waals surface area contributed by atoms with E-state index >= 15 is 0 Å². The molecule has 0 radical (unpaired) electrons. The highest BCUT2D eigenvalue weighted by molar-refractivity contribution is 5.98. The van der Waals surface area contributed by atoms with Gasteiger partial charge in [-0.2, -0.15) is 0 Å². The molecule has 1 N–H and O–H groups in total. The number of nitrogens with one attached hydrogen (secondary N) is 1. The Hall–Kier alpha value is -3.66. The fourth-order valence-electron chi connectivity index (χ4n) is 3.13. The zero-order chi connectivity index (χ0) is 23.3. The molecule has 0 saturated heterocycles. The number of amides is 2. The third-order valence-corrected chi connectivity index (χ3v) is 4.91. The van der Waals surface area contributed by atoms with Crippen LogP contribution in [0.25, 0.3) is 0 Å². The summed E-state index contributed by atoms with van der Waals surface area (Å²) in [6.45, 7) is 4.86. The number of hydrogen-bond donors (Lipinski definition) is 1. The molecule has 0 aliphatic rings. The maximum atomic E-state index is 13.1. The average Bonchev–Trinajstić information content (AvgIpc) is 2.81. The Kier molecular flexibility index (Phi) is 9.92. The molecule has 0 aliphatic carbocycles. The minimum Gasteiger partial charge on any atom is -0.354 e. The van der Waals surface area contributed by atoms with Gasteiger partial charge in [-0.3, -0.25) is 19.7 Å². The lowest BCUT2D eigenvalue weighted by atomic mass is 10.0. The normalized spacial score (nSPS) is 11.1. The van der Waals surface area contributed by atoms with Crippen LogP contribution in [0.5, 0.6) is 0 Å². The van der Waals surface area contributed by atoms with Gasteiger partial charge in [-0.05, 0) is 42.7 Å². The van der Waals surface area contributed by atoms with Crippen LogP contribution in [0.1, 0.15) is 56.7 Å². The molecule has 168 valence electrons. The molecule has 1 atom stereocenters. The Balaban J connectivity index is 2.41. The summed E-state index contributed by atoms with van der Waals surface area (Å²) in [5.41, 5.74) is 1.14. The number of nitrogens with zero attached hydrogens (tertiary/aromatic N) is 2. The first kappa shape index (κ1) is 24.6. The van der Waals surface area contributed by atoms with Crippen molar-refractivity contribution in [3.05, 3.63) is 75.8 Å². The first-order chi connectivity index (χ1) is 15.5. The molecule has 2 aromatic rings. The van der Waals surface area contributed by atoms with Gasteiger partial charge in [0.05, 0.1) is 4.92 Å². The van der Waals surface area contributed by atoms with Gasteiger partial charge in [-0.15, -0.1) is 0 Å². The molecule has 0 bridgehead atoms. The lowest BCUT2D eigenvalue weighted by Gasteiger charge is -2.30. The van der Waals surface area contributed by atoms with Crippen molar-refractivity contribution in [2.45, 2.75) is 45.6 Å². The maximum absolute atomic E-state index is 13.1. The topological polar surface area (TPSA) is 92.5 Å². The van der Waals surface area contributed by atoms with E-state index in [4.69, 9.17) is 0 Å². The summed E-state index contributed by atoms with van der Waals surface area (Å²) in [6, 6.07) is 14.0. The van der Waals surface area contributed by atoms with Crippen molar-refractivity contribution in [2.24, 2.45) is 0 Å². The number of hydrogen-bond acceptors (Lipinski definition) is 4. The van der Waals surface area contributed by atoms with Gasteiger partial charge in [-0.25, -0.2) is 0 Å².